The van der Waals surface area contributed by atoms with Gasteiger partial charge in [-0.1, -0.05) is 18.2 Å². The number of anilines is 1. The molecule has 1 aromatic heterocycles. The fourth-order valence-corrected chi connectivity index (χ4v) is 3.08. The minimum Gasteiger partial charge on any atom is -0.493 e. The van der Waals surface area contributed by atoms with Crippen LogP contribution >= 0.6 is 0 Å². The number of hydrogen-bond acceptors (Lipinski definition) is 6. The summed E-state index contributed by atoms with van der Waals surface area (Å²) in [5.74, 6) is -1.17. The second-order valence-electron chi connectivity index (χ2n) is 6.76. The molecule has 1 aliphatic rings. The van der Waals surface area contributed by atoms with Crippen LogP contribution in [0.15, 0.2) is 70.9 Å². The molecular formula is C23H18N2O6. The predicted molar refractivity (Wildman–Crippen MR) is 111 cm³/mol. The molecule has 0 atom stereocenters. The molecular weight excluding hydrogens is 400 g/mol. The molecule has 1 saturated heterocycles. The monoisotopic (exact) mass is 418 g/mol. The molecule has 4 rings (SSSR count). The van der Waals surface area contributed by atoms with Gasteiger partial charge in [-0.15, -0.1) is 0 Å². The fraction of sp³-hybridized carbons (Fsp3) is 0.0870. The van der Waals surface area contributed by atoms with Gasteiger partial charge < -0.3 is 13.9 Å². The van der Waals surface area contributed by atoms with Crippen LogP contribution in [0.4, 0.5) is 5.69 Å². The lowest BCUT2D eigenvalue weighted by atomic mass is 10.1. The maximum atomic E-state index is 12.8. The van der Waals surface area contributed by atoms with Crippen molar-refractivity contribution in [3.63, 3.8) is 0 Å². The molecule has 0 aliphatic carbocycles. The summed E-state index contributed by atoms with van der Waals surface area (Å²) in [4.78, 5) is 37.3. The standard InChI is InChI=1S/C23H18N2O6/c1-14-5-3-6-16(11-14)25-22(27)17(21(26)24-25)12-15-8-9-18(20(13-15)29-2)31-23(28)19-7-4-10-30-19/h3-13H,1-2H3,(H,24,26)/b17-12+. The highest BCUT2D eigenvalue weighted by atomic mass is 16.6. The third kappa shape index (κ3) is 4.04. The van der Waals surface area contributed by atoms with E-state index in [-0.39, 0.29) is 22.8 Å². The number of nitrogens with one attached hydrogen (secondary N) is 1. The van der Waals surface area contributed by atoms with Gasteiger partial charge in [-0.05, 0) is 60.5 Å². The predicted octanol–water partition coefficient (Wildman–Crippen LogP) is 3.28. The highest BCUT2D eigenvalue weighted by Gasteiger charge is 2.34. The van der Waals surface area contributed by atoms with E-state index in [4.69, 9.17) is 13.9 Å². The number of rotatable bonds is 5. The van der Waals surface area contributed by atoms with Crippen molar-refractivity contribution in [2.24, 2.45) is 0 Å². The Hall–Kier alpha value is -4.33. The first-order valence-corrected chi connectivity index (χ1v) is 9.34. The molecule has 2 amide bonds. The highest BCUT2D eigenvalue weighted by Crippen LogP contribution is 2.30. The van der Waals surface area contributed by atoms with E-state index in [1.54, 1.807) is 36.4 Å². The van der Waals surface area contributed by atoms with E-state index in [1.165, 1.54) is 36.6 Å². The Balaban J connectivity index is 1.58. The molecule has 0 bridgehead atoms. The topological polar surface area (TPSA) is 98.1 Å². The van der Waals surface area contributed by atoms with Crippen molar-refractivity contribution < 1.29 is 28.3 Å². The van der Waals surface area contributed by atoms with Gasteiger partial charge in [0.2, 0.25) is 5.76 Å². The Morgan fingerprint density at radius 2 is 1.90 bits per heavy atom. The summed E-state index contributed by atoms with van der Waals surface area (Å²) in [5.41, 5.74) is 4.60. The smallest absolute Gasteiger partial charge is 0.379 e. The zero-order valence-corrected chi connectivity index (χ0v) is 16.7. The van der Waals surface area contributed by atoms with Crippen LogP contribution in [0.5, 0.6) is 11.5 Å². The second-order valence-corrected chi connectivity index (χ2v) is 6.76. The average Bonchev–Trinajstić information content (AvgIpc) is 3.39. The number of nitrogens with zero attached hydrogens (tertiary/aromatic N) is 1. The number of methoxy groups -OCH3 is 1. The molecule has 2 heterocycles. The maximum absolute atomic E-state index is 12.8. The summed E-state index contributed by atoms with van der Waals surface area (Å²) >= 11 is 0. The van der Waals surface area contributed by atoms with E-state index < -0.39 is 17.8 Å². The Labute approximate surface area is 177 Å². The summed E-state index contributed by atoms with van der Waals surface area (Å²) in [6.07, 6.45) is 2.82. The largest absolute Gasteiger partial charge is 0.493 e. The fourth-order valence-electron chi connectivity index (χ4n) is 3.08. The minimum atomic E-state index is -0.673. The zero-order chi connectivity index (χ0) is 22.0. The van der Waals surface area contributed by atoms with Crippen molar-refractivity contribution in [2.45, 2.75) is 6.92 Å². The van der Waals surface area contributed by atoms with Gasteiger partial charge in [0.25, 0.3) is 11.8 Å². The quantitative estimate of drug-likeness (QED) is 0.296. The number of carbonyl (C=O) groups excluding carboxylic acids is 3. The number of esters is 1. The molecule has 3 aromatic rings. The Morgan fingerprint density at radius 1 is 1.06 bits per heavy atom. The van der Waals surface area contributed by atoms with E-state index in [0.717, 1.165) is 5.56 Å². The molecule has 8 nitrogen and oxygen atoms in total. The summed E-state index contributed by atoms with van der Waals surface area (Å²) in [6.45, 7) is 1.90. The Kier molecular flexibility index (Phi) is 5.28. The molecule has 0 spiro atoms. The molecule has 31 heavy (non-hydrogen) atoms. The molecule has 0 radical (unpaired) electrons. The molecule has 0 unspecified atom stereocenters. The maximum Gasteiger partial charge on any atom is 0.379 e. The number of aryl methyl sites for hydroxylation is 1. The van der Waals surface area contributed by atoms with Crippen molar-refractivity contribution in [1.82, 2.24) is 5.43 Å². The lowest BCUT2D eigenvalue weighted by Crippen LogP contribution is -2.35. The lowest BCUT2D eigenvalue weighted by molar-refractivity contribution is -0.117. The molecule has 1 N–H and O–H groups in total. The lowest BCUT2D eigenvalue weighted by Gasteiger charge is -2.14. The van der Waals surface area contributed by atoms with Crippen LogP contribution < -0.4 is 19.9 Å². The van der Waals surface area contributed by atoms with Gasteiger partial charge in [0.1, 0.15) is 5.57 Å². The molecule has 0 saturated carbocycles. The zero-order valence-electron chi connectivity index (χ0n) is 16.7. The van der Waals surface area contributed by atoms with Gasteiger partial charge in [0, 0.05) is 0 Å². The minimum absolute atomic E-state index is 0.0242. The first-order chi connectivity index (χ1) is 15.0. The van der Waals surface area contributed by atoms with E-state index >= 15 is 0 Å². The highest BCUT2D eigenvalue weighted by molar-refractivity contribution is 6.31. The van der Waals surface area contributed by atoms with Crippen LogP contribution in [0.1, 0.15) is 21.7 Å². The van der Waals surface area contributed by atoms with Crippen molar-refractivity contribution in [3.8, 4) is 11.5 Å². The summed E-state index contributed by atoms with van der Waals surface area (Å²) in [5, 5.41) is 1.21. The van der Waals surface area contributed by atoms with Crippen molar-refractivity contribution in [3.05, 3.63) is 83.3 Å². The normalized spacial score (nSPS) is 14.6. The van der Waals surface area contributed by atoms with Crippen LogP contribution in [0.25, 0.3) is 6.08 Å². The van der Waals surface area contributed by atoms with Gasteiger partial charge in [-0.3, -0.25) is 15.0 Å². The van der Waals surface area contributed by atoms with Crippen LogP contribution in [-0.4, -0.2) is 24.9 Å². The number of carbonyl (C=O) groups is 3. The number of benzene rings is 2. The van der Waals surface area contributed by atoms with Gasteiger partial charge >= 0.3 is 5.97 Å². The summed E-state index contributed by atoms with van der Waals surface area (Å²) in [6, 6.07) is 15.0. The van der Waals surface area contributed by atoms with Crippen LogP contribution in [0.2, 0.25) is 0 Å². The van der Waals surface area contributed by atoms with Crippen LogP contribution in [0.3, 0.4) is 0 Å². The van der Waals surface area contributed by atoms with Gasteiger partial charge in [-0.25, -0.2) is 9.80 Å². The van der Waals surface area contributed by atoms with E-state index in [1.807, 2.05) is 13.0 Å². The number of hydrogen-bond donors (Lipinski definition) is 1. The van der Waals surface area contributed by atoms with Gasteiger partial charge in [0.05, 0.1) is 19.1 Å². The third-order valence-corrected chi connectivity index (χ3v) is 4.58. The number of furan rings is 1. The first kappa shape index (κ1) is 20.0. The molecule has 1 fully saturated rings. The van der Waals surface area contributed by atoms with Gasteiger partial charge in [0.15, 0.2) is 11.5 Å². The first-order valence-electron chi connectivity index (χ1n) is 9.34. The van der Waals surface area contributed by atoms with E-state index in [0.29, 0.717) is 11.3 Å². The van der Waals surface area contributed by atoms with Crippen molar-refractivity contribution in [2.75, 3.05) is 12.1 Å². The van der Waals surface area contributed by atoms with Crippen molar-refractivity contribution >= 4 is 29.5 Å². The van der Waals surface area contributed by atoms with E-state index in [2.05, 4.69) is 5.43 Å². The number of hydrazine groups is 1. The Bertz CT molecular complexity index is 1200. The van der Waals surface area contributed by atoms with Gasteiger partial charge in [-0.2, -0.15) is 0 Å². The second kappa shape index (κ2) is 8.19. The number of amides is 2. The molecule has 156 valence electrons. The molecule has 1 aliphatic heterocycles. The Morgan fingerprint density at radius 3 is 2.61 bits per heavy atom. The summed E-state index contributed by atoms with van der Waals surface area (Å²) in [7, 11) is 1.42. The molecule has 2 aromatic carbocycles. The molecule has 8 heteroatoms. The van der Waals surface area contributed by atoms with Crippen LogP contribution in [-0.2, 0) is 9.59 Å². The van der Waals surface area contributed by atoms with Crippen LogP contribution in [0, 0.1) is 6.92 Å². The van der Waals surface area contributed by atoms with Crippen molar-refractivity contribution in [1.29, 1.82) is 0 Å². The number of ether oxygens (including phenoxy) is 2. The summed E-state index contributed by atoms with van der Waals surface area (Å²) < 4.78 is 15.6. The third-order valence-electron chi connectivity index (χ3n) is 4.58. The average molecular weight is 418 g/mol. The SMILES string of the molecule is COc1cc(/C=C2\C(=O)NN(c3cccc(C)c3)C2=O)ccc1OC(=O)c1ccco1. The van der Waals surface area contributed by atoms with E-state index in [9.17, 15) is 14.4 Å².